The van der Waals surface area contributed by atoms with E-state index in [1.807, 2.05) is 20.8 Å². The Morgan fingerprint density at radius 2 is 1.60 bits per heavy atom. The number of amides is 2. The van der Waals surface area contributed by atoms with Crippen LogP contribution in [0, 0.1) is 11.3 Å². The van der Waals surface area contributed by atoms with Gasteiger partial charge in [0, 0.05) is 22.4 Å². The summed E-state index contributed by atoms with van der Waals surface area (Å²) in [6.45, 7) is 10.3. The second-order valence-electron chi connectivity index (χ2n) is 8.42. The zero-order valence-electron chi connectivity index (χ0n) is 18.0. The number of benzene rings is 2. The van der Waals surface area contributed by atoms with E-state index in [1.54, 1.807) is 48.5 Å². The topological polar surface area (TPSA) is 79.5 Å². The van der Waals surface area contributed by atoms with Gasteiger partial charge in [0.1, 0.15) is 5.75 Å². The molecule has 160 valence electrons. The molecule has 0 fully saturated rings. The quantitative estimate of drug-likeness (QED) is 0.575. The number of hydrogen-bond acceptors (Lipinski definition) is 4. The summed E-state index contributed by atoms with van der Waals surface area (Å²) in [5.74, 6) is 0.739. The van der Waals surface area contributed by atoms with Crippen LogP contribution in [0.15, 0.2) is 48.5 Å². The summed E-state index contributed by atoms with van der Waals surface area (Å²) < 4.78 is 5.62. The lowest BCUT2D eigenvalue weighted by molar-refractivity contribution is -0.123. The van der Waals surface area contributed by atoms with Crippen molar-refractivity contribution < 1.29 is 14.3 Å². The van der Waals surface area contributed by atoms with Crippen molar-refractivity contribution in [1.29, 1.82) is 0 Å². The Morgan fingerprint density at radius 1 is 1.00 bits per heavy atom. The number of nitrogens with one attached hydrogen (secondary N) is 3. The van der Waals surface area contributed by atoms with Crippen molar-refractivity contribution in [3.63, 3.8) is 0 Å². The molecule has 0 saturated carbocycles. The van der Waals surface area contributed by atoms with Crippen LogP contribution in [0.3, 0.4) is 0 Å². The first kappa shape index (κ1) is 23.3. The largest absolute Gasteiger partial charge is 0.493 e. The lowest BCUT2D eigenvalue weighted by Gasteiger charge is -2.18. The number of carbonyl (C=O) groups is 2. The molecule has 0 aliphatic heterocycles. The fourth-order valence-corrected chi connectivity index (χ4v) is 2.51. The highest BCUT2D eigenvalue weighted by atomic mass is 32.1. The molecule has 2 aromatic rings. The molecule has 0 heterocycles. The molecule has 2 rings (SSSR count). The van der Waals surface area contributed by atoms with Crippen LogP contribution in [0.1, 0.15) is 45.0 Å². The molecule has 0 saturated heterocycles. The standard InChI is InChI=1S/C23H29N3O3S/c1-15(2)14-29-19-11-9-16(10-12-19)20(27)26-22(30)25-18-8-6-7-17(13-18)24-21(28)23(3,4)5/h6-13,15H,14H2,1-5H3,(H,24,28)(H2,25,26,27,30). The average Bonchev–Trinajstić information content (AvgIpc) is 2.66. The van der Waals surface area contributed by atoms with E-state index < -0.39 is 5.41 Å². The van der Waals surface area contributed by atoms with E-state index in [0.717, 1.165) is 5.75 Å². The van der Waals surface area contributed by atoms with E-state index in [2.05, 4.69) is 29.8 Å². The first-order chi connectivity index (χ1) is 14.0. The van der Waals surface area contributed by atoms with Crippen molar-refractivity contribution in [3.8, 4) is 5.75 Å². The first-order valence-electron chi connectivity index (χ1n) is 9.81. The highest BCUT2D eigenvalue weighted by Gasteiger charge is 2.21. The number of anilines is 2. The van der Waals surface area contributed by atoms with Crippen LogP contribution in [0.4, 0.5) is 11.4 Å². The minimum absolute atomic E-state index is 0.0867. The number of rotatable bonds is 6. The summed E-state index contributed by atoms with van der Waals surface area (Å²) in [7, 11) is 0. The molecular formula is C23H29N3O3S. The van der Waals surface area contributed by atoms with Crippen molar-refractivity contribution in [2.24, 2.45) is 11.3 Å². The monoisotopic (exact) mass is 427 g/mol. The summed E-state index contributed by atoms with van der Waals surface area (Å²) >= 11 is 5.24. The van der Waals surface area contributed by atoms with Crippen molar-refractivity contribution >= 4 is 40.5 Å². The zero-order valence-corrected chi connectivity index (χ0v) is 18.9. The first-order valence-corrected chi connectivity index (χ1v) is 10.2. The molecular weight excluding hydrogens is 398 g/mol. The zero-order chi connectivity index (χ0) is 22.3. The van der Waals surface area contributed by atoms with E-state index in [-0.39, 0.29) is 16.9 Å². The molecule has 2 aromatic carbocycles. The van der Waals surface area contributed by atoms with E-state index in [1.165, 1.54) is 0 Å². The van der Waals surface area contributed by atoms with Gasteiger partial charge in [0.15, 0.2) is 5.11 Å². The SMILES string of the molecule is CC(C)COc1ccc(C(=O)NC(=S)Nc2cccc(NC(=O)C(C)(C)C)c2)cc1. The Bertz CT molecular complexity index is 903. The van der Waals surface area contributed by atoms with Gasteiger partial charge in [-0.15, -0.1) is 0 Å². The van der Waals surface area contributed by atoms with Gasteiger partial charge in [0.2, 0.25) is 5.91 Å². The normalized spacial score (nSPS) is 11.0. The molecule has 3 N–H and O–H groups in total. The summed E-state index contributed by atoms with van der Waals surface area (Å²) in [6.07, 6.45) is 0. The fraction of sp³-hybridized carbons (Fsp3) is 0.348. The van der Waals surface area contributed by atoms with Crippen molar-refractivity contribution in [3.05, 3.63) is 54.1 Å². The third-order valence-corrected chi connectivity index (χ3v) is 4.19. The molecule has 0 aliphatic carbocycles. The van der Waals surface area contributed by atoms with Gasteiger partial charge < -0.3 is 15.4 Å². The number of hydrogen-bond donors (Lipinski definition) is 3. The molecule has 0 aromatic heterocycles. The maximum Gasteiger partial charge on any atom is 0.257 e. The second-order valence-corrected chi connectivity index (χ2v) is 8.83. The Balaban J connectivity index is 1.93. The van der Waals surface area contributed by atoms with Crippen LogP contribution in [-0.4, -0.2) is 23.5 Å². The molecule has 30 heavy (non-hydrogen) atoms. The Hall–Kier alpha value is -2.93. The molecule has 0 aliphatic rings. The molecule has 0 unspecified atom stereocenters. The third-order valence-electron chi connectivity index (χ3n) is 3.99. The van der Waals surface area contributed by atoms with Gasteiger partial charge in [-0.3, -0.25) is 14.9 Å². The third kappa shape index (κ3) is 7.48. The van der Waals surface area contributed by atoms with Gasteiger partial charge in [0.25, 0.3) is 5.91 Å². The Kier molecular flexibility index (Phi) is 7.94. The summed E-state index contributed by atoms with van der Waals surface area (Å²) in [6, 6.07) is 14.0. The van der Waals surface area contributed by atoms with Gasteiger partial charge in [-0.05, 0) is 60.6 Å². The van der Waals surface area contributed by atoms with Crippen molar-refractivity contribution in [2.45, 2.75) is 34.6 Å². The van der Waals surface area contributed by atoms with Crippen LogP contribution >= 0.6 is 12.2 Å². The smallest absolute Gasteiger partial charge is 0.257 e. The van der Waals surface area contributed by atoms with E-state index in [0.29, 0.717) is 29.5 Å². The van der Waals surface area contributed by atoms with Gasteiger partial charge in [-0.2, -0.15) is 0 Å². The highest BCUT2D eigenvalue weighted by Crippen LogP contribution is 2.20. The number of ether oxygens (including phenoxy) is 1. The molecule has 6 nitrogen and oxygen atoms in total. The Morgan fingerprint density at radius 3 is 2.17 bits per heavy atom. The van der Waals surface area contributed by atoms with Gasteiger partial charge in [-0.25, -0.2) is 0 Å². The van der Waals surface area contributed by atoms with Crippen molar-refractivity contribution in [2.75, 3.05) is 17.2 Å². The lowest BCUT2D eigenvalue weighted by Crippen LogP contribution is -2.34. The molecule has 2 amide bonds. The summed E-state index contributed by atoms with van der Waals surface area (Å²) in [5.41, 5.74) is 1.28. The van der Waals surface area contributed by atoms with Crippen LogP contribution in [0.2, 0.25) is 0 Å². The van der Waals surface area contributed by atoms with Gasteiger partial charge >= 0.3 is 0 Å². The molecule has 0 spiro atoms. The van der Waals surface area contributed by atoms with Crippen LogP contribution in [-0.2, 0) is 4.79 Å². The minimum Gasteiger partial charge on any atom is -0.493 e. The van der Waals surface area contributed by atoms with Crippen LogP contribution in [0.5, 0.6) is 5.75 Å². The lowest BCUT2D eigenvalue weighted by atomic mass is 9.95. The predicted octanol–water partition coefficient (Wildman–Crippen LogP) is 4.83. The second kappa shape index (κ2) is 10.2. The Labute approximate surface area is 183 Å². The predicted molar refractivity (Wildman–Crippen MR) is 125 cm³/mol. The molecule has 7 heteroatoms. The van der Waals surface area contributed by atoms with Crippen LogP contribution in [0.25, 0.3) is 0 Å². The maximum atomic E-state index is 12.4. The molecule has 0 atom stereocenters. The highest BCUT2D eigenvalue weighted by molar-refractivity contribution is 7.80. The van der Waals surface area contributed by atoms with Gasteiger partial charge in [-0.1, -0.05) is 40.7 Å². The van der Waals surface area contributed by atoms with Crippen molar-refractivity contribution in [1.82, 2.24) is 5.32 Å². The number of carbonyl (C=O) groups excluding carboxylic acids is 2. The summed E-state index contributed by atoms with van der Waals surface area (Å²) in [4.78, 5) is 24.6. The fourth-order valence-electron chi connectivity index (χ4n) is 2.30. The molecule has 0 bridgehead atoms. The molecule has 0 radical (unpaired) electrons. The minimum atomic E-state index is -0.498. The van der Waals surface area contributed by atoms with Crippen LogP contribution < -0.4 is 20.7 Å². The average molecular weight is 428 g/mol. The van der Waals surface area contributed by atoms with E-state index >= 15 is 0 Å². The maximum absolute atomic E-state index is 12.4. The summed E-state index contributed by atoms with van der Waals surface area (Å²) in [5, 5.41) is 8.64. The van der Waals surface area contributed by atoms with E-state index in [9.17, 15) is 9.59 Å². The van der Waals surface area contributed by atoms with E-state index in [4.69, 9.17) is 17.0 Å². The number of thiocarbonyl (C=S) groups is 1. The van der Waals surface area contributed by atoms with Gasteiger partial charge in [0.05, 0.1) is 6.61 Å².